The van der Waals surface area contributed by atoms with Crippen LogP contribution in [0.4, 0.5) is 0 Å². The van der Waals surface area contributed by atoms with Gasteiger partial charge in [-0.1, -0.05) is 0 Å². The molecule has 2 heterocycles. The molecule has 2 unspecified atom stereocenters. The molecule has 0 aromatic rings. The van der Waals surface area contributed by atoms with E-state index in [1.54, 1.807) is 0 Å². The van der Waals surface area contributed by atoms with Crippen LogP contribution in [0.1, 0.15) is 41.0 Å². The van der Waals surface area contributed by atoms with Crippen molar-refractivity contribution in [2.75, 3.05) is 19.6 Å². The number of hydrogen-bond acceptors (Lipinski definition) is 3. The molecule has 3 nitrogen and oxygen atoms in total. The minimum absolute atomic E-state index is 0.0188. The van der Waals surface area contributed by atoms with E-state index >= 15 is 0 Å². The molecule has 0 aliphatic carbocycles. The summed E-state index contributed by atoms with van der Waals surface area (Å²) in [5, 5.41) is 3.45. The summed E-state index contributed by atoms with van der Waals surface area (Å²) in [5.74, 6) is 0. The maximum atomic E-state index is 6.19. The summed E-state index contributed by atoms with van der Waals surface area (Å²) in [6.45, 7) is 14.6. The standard InChI is InChI=1S/C13H26N2O/c1-10-9-14-6-7-15(10)11-8-12(2,3)16-13(11,4)5/h10-11,14H,6-9H2,1-5H3. The second-order valence-corrected chi connectivity index (χ2v) is 6.48. The second-order valence-electron chi connectivity index (χ2n) is 6.48. The Morgan fingerprint density at radius 2 is 1.94 bits per heavy atom. The maximum absolute atomic E-state index is 6.19. The Hall–Kier alpha value is -0.120. The zero-order valence-electron chi connectivity index (χ0n) is 11.3. The molecule has 0 bridgehead atoms. The minimum Gasteiger partial charge on any atom is -0.368 e. The third kappa shape index (κ3) is 2.27. The van der Waals surface area contributed by atoms with Crippen LogP contribution in [0.3, 0.4) is 0 Å². The van der Waals surface area contributed by atoms with Crippen LogP contribution in [0.15, 0.2) is 0 Å². The molecule has 2 fully saturated rings. The molecule has 0 radical (unpaired) electrons. The highest BCUT2D eigenvalue weighted by molar-refractivity contribution is 5.02. The summed E-state index contributed by atoms with van der Waals surface area (Å²) in [5.41, 5.74) is 0.00780. The van der Waals surface area contributed by atoms with E-state index in [1.165, 1.54) is 0 Å². The molecule has 2 saturated heterocycles. The average molecular weight is 226 g/mol. The van der Waals surface area contributed by atoms with Gasteiger partial charge in [0.1, 0.15) is 0 Å². The van der Waals surface area contributed by atoms with Gasteiger partial charge in [0.25, 0.3) is 0 Å². The van der Waals surface area contributed by atoms with E-state index in [0.29, 0.717) is 12.1 Å². The molecular weight excluding hydrogens is 200 g/mol. The molecule has 0 aromatic heterocycles. The number of hydrogen-bond donors (Lipinski definition) is 1. The topological polar surface area (TPSA) is 24.5 Å². The van der Waals surface area contributed by atoms with Crippen molar-refractivity contribution in [1.29, 1.82) is 0 Å². The van der Waals surface area contributed by atoms with Gasteiger partial charge in [0.05, 0.1) is 11.2 Å². The van der Waals surface area contributed by atoms with Crippen molar-refractivity contribution in [3.05, 3.63) is 0 Å². The van der Waals surface area contributed by atoms with Gasteiger partial charge in [-0.15, -0.1) is 0 Å². The Morgan fingerprint density at radius 3 is 2.44 bits per heavy atom. The number of nitrogens with one attached hydrogen (secondary N) is 1. The van der Waals surface area contributed by atoms with Crippen molar-refractivity contribution in [1.82, 2.24) is 10.2 Å². The third-order valence-corrected chi connectivity index (χ3v) is 3.98. The Bertz CT molecular complexity index is 263. The Kier molecular flexibility index (Phi) is 3.06. The van der Waals surface area contributed by atoms with Gasteiger partial charge in [-0.25, -0.2) is 0 Å². The Labute approximate surface area is 99.5 Å². The van der Waals surface area contributed by atoms with Crippen LogP contribution >= 0.6 is 0 Å². The van der Waals surface area contributed by atoms with E-state index in [1.807, 2.05) is 0 Å². The van der Waals surface area contributed by atoms with Crippen molar-refractivity contribution in [3.63, 3.8) is 0 Å². The molecule has 0 aromatic carbocycles. The summed E-state index contributed by atoms with van der Waals surface area (Å²) >= 11 is 0. The molecule has 1 N–H and O–H groups in total. The lowest BCUT2D eigenvalue weighted by Gasteiger charge is -2.42. The zero-order valence-corrected chi connectivity index (χ0v) is 11.3. The maximum Gasteiger partial charge on any atom is 0.0789 e. The lowest BCUT2D eigenvalue weighted by atomic mass is 9.91. The Balaban J connectivity index is 2.13. The van der Waals surface area contributed by atoms with Gasteiger partial charge in [0.15, 0.2) is 0 Å². The van der Waals surface area contributed by atoms with Crippen molar-refractivity contribution in [2.24, 2.45) is 0 Å². The van der Waals surface area contributed by atoms with Gasteiger partial charge in [-0.3, -0.25) is 4.90 Å². The molecule has 94 valence electrons. The highest BCUT2D eigenvalue weighted by Gasteiger charge is 2.49. The summed E-state index contributed by atoms with van der Waals surface area (Å²) < 4.78 is 6.19. The molecule has 2 rings (SSSR count). The first-order valence-corrected chi connectivity index (χ1v) is 6.48. The fourth-order valence-electron chi connectivity index (χ4n) is 3.37. The molecule has 0 saturated carbocycles. The molecule has 2 aliphatic rings. The second kappa shape index (κ2) is 3.97. The lowest BCUT2D eigenvalue weighted by molar-refractivity contribution is -0.0849. The SMILES string of the molecule is CC1CNCCN1C1CC(C)(C)OC1(C)C. The fraction of sp³-hybridized carbons (Fsp3) is 1.00. The van der Waals surface area contributed by atoms with Gasteiger partial charge in [-0.05, 0) is 41.0 Å². The van der Waals surface area contributed by atoms with Gasteiger partial charge < -0.3 is 10.1 Å². The molecule has 16 heavy (non-hydrogen) atoms. The molecule has 0 amide bonds. The van der Waals surface area contributed by atoms with E-state index in [4.69, 9.17) is 4.74 Å². The summed E-state index contributed by atoms with van der Waals surface area (Å²) in [7, 11) is 0. The third-order valence-electron chi connectivity index (χ3n) is 3.98. The first-order chi connectivity index (χ1) is 7.32. The van der Waals surface area contributed by atoms with Gasteiger partial charge >= 0.3 is 0 Å². The molecular formula is C13H26N2O. The molecule has 2 aliphatic heterocycles. The van der Waals surface area contributed by atoms with Crippen molar-refractivity contribution < 1.29 is 4.74 Å². The first kappa shape index (κ1) is 12.3. The average Bonchev–Trinajstić information content (AvgIpc) is 2.35. The highest BCUT2D eigenvalue weighted by Crippen LogP contribution is 2.40. The lowest BCUT2D eigenvalue weighted by Crippen LogP contribution is -2.58. The van der Waals surface area contributed by atoms with Crippen LogP contribution in [-0.4, -0.2) is 47.8 Å². The van der Waals surface area contributed by atoms with Crippen LogP contribution in [0.5, 0.6) is 0 Å². The first-order valence-electron chi connectivity index (χ1n) is 6.48. The van der Waals surface area contributed by atoms with Gasteiger partial charge in [-0.2, -0.15) is 0 Å². The number of nitrogens with zero attached hydrogens (tertiary/aromatic N) is 1. The predicted molar refractivity (Wildman–Crippen MR) is 66.7 cm³/mol. The Morgan fingerprint density at radius 1 is 1.25 bits per heavy atom. The van der Waals surface area contributed by atoms with Crippen LogP contribution < -0.4 is 5.32 Å². The smallest absolute Gasteiger partial charge is 0.0789 e. The van der Waals surface area contributed by atoms with Crippen LogP contribution in [0, 0.1) is 0 Å². The van der Waals surface area contributed by atoms with Crippen LogP contribution in [-0.2, 0) is 4.74 Å². The quantitative estimate of drug-likeness (QED) is 0.735. The minimum atomic E-state index is -0.0188. The van der Waals surface area contributed by atoms with Crippen molar-refractivity contribution in [2.45, 2.75) is 64.3 Å². The summed E-state index contributed by atoms with van der Waals surface area (Å²) in [6, 6.07) is 1.18. The highest BCUT2D eigenvalue weighted by atomic mass is 16.5. The van der Waals surface area contributed by atoms with Crippen LogP contribution in [0.2, 0.25) is 0 Å². The van der Waals surface area contributed by atoms with E-state index in [9.17, 15) is 0 Å². The molecule has 3 heteroatoms. The largest absolute Gasteiger partial charge is 0.368 e. The van der Waals surface area contributed by atoms with Crippen molar-refractivity contribution in [3.8, 4) is 0 Å². The fourth-order valence-corrected chi connectivity index (χ4v) is 3.37. The molecule has 0 spiro atoms. The number of rotatable bonds is 1. The number of piperazine rings is 1. The zero-order chi connectivity index (χ0) is 12.0. The van der Waals surface area contributed by atoms with E-state index in [-0.39, 0.29) is 11.2 Å². The summed E-state index contributed by atoms with van der Waals surface area (Å²) in [6.07, 6.45) is 1.14. The summed E-state index contributed by atoms with van der Waals surface area (Å²) in [4.78, 5) is 2.63. The van der Waals surface area contributed by atoms with Gasteiger partial charge in [0.2, 0.25) is 0 Å². The van der Waals surface area contributed by atoms with E-state index in [0.717, 1.165) is 26.1 Å². The van der Waals surface area contributed by atoms with E-state index < -0.39 is 0 Å². The normalized spacial score (nSPS) is 38.8. The monoisotopic (exact) mass is 226 g/mol. The van der Waals surface area contributed by atoms with Crippen LogP contribution in [0.25, 0.3) is 0 Å². The molecule has 2 atom stereocenters. The van der Waals surface area contributed by atoms with Crippen molar-refractivity contribution >= 4 is 0 Å². The van der Waals surface area contributed by atoms with Gasteiger partial charge in [0, 0.05) is 31.7 Å². The van der Waals surface area contributed by atoms with E-state index in [2.05, 4.69) is 44.8 Å². The number of ether oxygens (including phenoxy) is 1. The predicted octanol–water partition coefficient (Wildman–Crippen LogP) is 1.63.